The zero-order chi connectivity index (χ0) is 23.8. The van der Waals surface area contributed by atoms with Crippen molar-refractivity contribution in [3.05, 3.63) is 24.3 Å². The summed E-state index contributed by atoms with van der Waals surface area (Å²) < 4.78 is 5.94. The Balaban J connectivity index is 1.73. The van der Waals surface area contributed by atoms with Crippen molar-refractivity contribution < 1.29 is 28.7 Å². The summed E-state index contributed by atoms with van der Waals surface area (Å²) in [6.45, 7) is 1.02. The zero-order valence-corrected chi connectivity index (χ0v) is 19.4. The van der Waals surface area contributed by atoms with Gasteiger partial charge in [0, 0.05) is 37.4 Å². The van der Waals surface area contributed by atoms with E-state index in [4.69, 9.17) is 4.74 Å². The van der Waals surface area contributed by atoms with E-state index in [2.05, 4.69) is 0 Å². The lowest BCUT2D eigenvalue weighted by Crippen LogP contribution is -2.52. The van der Waals surface area contributed by atoms with Crippen LogP contribution in [0.5, 0.6) is 0 Å². The predicted molar refractivity (Wildman–Crippen MR) is 120 cm³/mol. The lowest BCUT2D eigenvalue weighted by Gasteiger charge is -2.34. The van der Waals surface area contributed by atoms with E-state index in [9.17, 15) is 24.0 Å². The molecule has 8 heteroatoms. The van der Waals surface area contributed by atoms with E-state index in [0.29, 0.717) is 0 Å². The maximum Gasteiger partial charge on any atom is 0.315 e. The van der Waals surface area contributed by atoms with Gasteiger partial charge in [0.1, 0.15) is 11.5 Å². The molecule has 3 rings (SSSR count). The molecule has 1 aliphatic carbocycles. The summed E-state index contributed by atoms with van der Waals surface area (Å²) in [5, 5.41) is 0. The molecule has 0 N–H and O–H groups in total. The van der Waals surface area contributed by atoms with Gasteiger partial charge in [-0.3, -0.25) is 33.8 Å². The summed E-state index contributed by atoms with van der Waals surface area (Å²) in [5.74, 6) is -2.70. The van der Waals surface area contributed by atoms with E-state index in [-0.39, 0.29) is 19.2 Å². The summed E-state index contributed by atoms with van der Waals surface area (Å²) in [5.41, 5.74) is -1.43. The van der Waals surface area contributed by atoms with Gasteiger partial charge in [-0.25, -0.2) is 0 Å². The lowest BCUT2D eigenvalue weighted by molar-refractivity contribution is -0.165. The zero-order valence-electron chi connectivity index (χ0n) is 19.4. The van der Waals surface area contributed by atoms with Crippen LogP contribution in [-0.2, 0) is 28.7 Å². The van der Waals surface area contributed by atoms with Crippen molar-refractivity contribution >= 4 is 29.6 Å². The topological polar surface area (TPSA) is 101 Å². The van der Waals surface area contributed by atoms with Crippen LogP contribution in [0.1, 0.15) is 77.6 Å². The van der Waals surface area contributed by atoms with Crippen molar-refractivity contribution in [3.8, 4) is 0 Å². The van der Waals surface area contributed by atoms with E-state index >= 15 is 0 Å². The van der Waals surface area contributed by atoms with Gasteiger partial charge in [-0.15, -0.1) is 0 Å². The number of nitrogens with zero attached hydrogens (tertiary/aromatic N) is 2. The van der Waals surface area contributed by atoms with Crippen LogP contribution in [0.3, 0.4) is 0 Å². The van der Waals surface area contributed by atoms with Gasteiger partial charge in [0.25, 0.3) is 23.6 Å². The van der Waals surface area contributed by atoms with E-state index in [1.807, 2.05) is 0 Å². The van der Waals surface area contributed by atoms with Gasteiger partial charge in [0.05, 0.1) is 0 Å². The number of imide groups is 2. The second-order valence-electron chi connectivity index (χ2n) is 9.54. The van der Waals surface area contributed by atoms with Gasteiger partial charge in [0.15, 0.2) is 0 Å². The second kappa shape index (κ2) is 11.4. The fraction of sp³-hybridized carbons (Fsp3) is 0.640. The van der Waals surface area contributed by atoms with Crippen molar-refractivity contribution in [2.45, 2.75) is 83.7 Å². The van der Waals surface area contributed by atoms with Crippen molar-refractivity contribution in [1.29, 1.82) is 0 Å². The maximum atomic E-state index is 13.4. The molecule has 0 aromatic carbocycles. The average Bonchev–Trinajstić information content (AvgIpc) is 3.25. The molecule has 1 saturated carbocycles. The largest absolute Gasteiger partial charge is 0.462 e. The highest BCUT2D eigenvalue weighted by Crippen LogP contribution is 2.28. The van der Waals surface area contributed by atoms with Crippen LogP contribution in [0, 0.1) is 5.41 Å². The molecule has 0 unspecified atom stereocenters. The smallest absolute Gasteiger partial charge is 0.315 e. The molecule has 0 radical (unpaired) electrons. The van der Waals surface area contributed by atoms with Gasteiger partial charge < -0.3 is 4.74 Å². The molecule has 3 aliphatic rings. The van der Waals surface area contributed by atoms with E-state index < -0.39 is 35.0 Å². The molecule has 33 heavy (non-hydrogen) atoms. The number of hydrogen-bond donors (Lipinski definition) is 0. The monoisotopic (exact) mass is 458 g/mol. The fourth-order valence-electron chi connectivity index (χ4n) is 4.59. The highest BCUT2D eigenvalue weighted by Gasteiger charge is 2.45. The quantitative estimate of drug-likeness (QED) is 0.448. The highest BCUT2D eigenvalue weighted by atomic mass is 16.5. The fourth-order valence-corrected chi connectivity index (χ4v) is 4.59. The van der Waals surface area contributed by atoms with E-state index in [0.717, 1.165) is 72.6 Å². The van der Waals surface area contributed by atoms with Crippen LogP contribution in [0.25, 0.3) is 0 Å². The minimum atomic E-state index is -1.43. The molecule has 0 saturated heterocycles. The third kappa shape index (κ3) is 6.62. The molecule has 1 fully saturated rings. The molecule has 0 aromatic heterocycles. The summed E-state index contributed by atoms with van der Waals surface area (Å²) in [4.78, 5) is 64.0. The molecule has 180 valence electrons. The number of amides is 4. The van der Waals surface area contributed by atoms with Crippen molar-refractivity contribution in [3.63, 3.8) is 0 Å². The van der Waals surface area contributed by atoms with Gasteiger partial charge in [-0.05, 0) is 32.6 Å². The summed E-state index contributed by atoms with van der Waals surface area (Å²) in [7, 11) is 0. The van der Waals surface area contributed by atoms with Crippen molar-refractivity contribution in [2.24, 2.45) is 5.41 Å². The number of rotatable bonds is 6. The Labute approximate surface area is 195 Å². The lowest BCUT2D eigenvalue weighted by atomic mass is 9.88. The first-order chi connectivity index (χ1) is 15.8. The normalized spacial score (nSPS) is 21.5. The molecule has 0 atom stereocenters. The number of carbonyl (C=O) groups is 5. The van der Waals surface area contributed by atoms with E-state index in [1.165, 1.54) is 32.1 Å². The molecule has 8 nitrogen and oxygen atoms in total. The summed E-state index contributed by atoms with van der Waals surface area (Å²) in [6.07, 6.45) is 16.1. The van der Waals surface area contributed by atoms with Crippen LogP contribution < -0.4 is 0 Å². The van der Waals surface area contributed by atoms with Crippen LogP contribution in [-0.4, -0.2) is 58.6 Å². The Morgan fingerprint density at radius 2 is 1.06 bits per heavy atom. The first-order valence-electron chi connectivity index (χ1n) is 12.1. The average molecular weight is 459 g/mol. The maximum absolute atomic E-state index is 13.4. The Hall–Kier alpha value is -2.77. The van der Waals surface area contributed by atoms with Gasteiger partial charge in [0.2, 0.25) is 0 Å². The van der Waals surface area contributed by atoms with Crippen LogP contribution in [0.15, 0.2) is 24.3 Å². The number of esters is 1. The number of carbonyl (C=O) groups excluding carboxylic acids is 5. The van der Waals surface area contributed by atoms with E-state index in [1.54, 1.807) is 6.92 Å². The Morgan fingerprint density at radius 1 is 0.727 bits per heavy atom. The molecule has 0 bridgehead atoms. The Kier molecular flexibility index (Phi) is 8.58. The van der Waals surface area contributed by atoms with Gasteiger partial charge in [-0.2, -0.15) is 0 Å². The second-order valence-corrected chi connectivity index (χ2v) is 9.54. The molecule has 0 aromatic rings. The molecular formula is C25H34N2O6. The van der Waals surface area contributed by atoms with Crippen molar-refractivity contribution in [2.75, 3.05) is 13.1 Å². The first kappa shape index (κ1) is 24.9. The van der Waals surface area contributed by atoms with Gasteiger partial charge >= 0.3 is 5.97 Å². The van der Waals surface area contributed by atoms with Crippen LogP contribution in [0.4, 0.5) is 0 Å². The standard InChI is InChI=1S/C25H34N2O6/c1-25(17-26-20(28)13-14-21(26)29,18-27-22(30)15-16-23(27)31)24(32)33-19-11-9-7-5-3-2-4-6-8-10-12-19/h13-16,19H,2-12,17-18H2,1H3. The predicted octanol–water partition coefficient (Wildman–Crippen LogP) is 3.06. The van der Waals surface area contributed by atoms with Crippen molar-refractivity contribution in [1.82, 2.24) is 9.80 Å². The molecule has 2 aliphatic heterocycles. The third-order valence-electron chi connectivity index (χ3n) is 6.63. The SMILES string of the molecule is CC(CN1C(=O)C=CC1=O)(CN1C(=O)C=CC1=O)C(=O)OC1CCCCCCCCCCC1. The van der Waals surface area contributed by atoms with Crippen LogP contribution in [0.2, 0.25) is 0 Å². The number of hydrogen-bond acceptors (Lipinski definition) is 6. The number of ether oxygens (including phenoxy) is 1. The first-order valence-corrected chi connectivity index (χ1v) is 12.1. The highest BCUT2D eigenvalue weighted by molar-refractivity contribution is 6.14. The minimum Gasteiger partial charge on any atom is -0.462 e. The Morgan fingerprint density at radius 3 is 1.42 bits per heavy atom. The minimum absolute atomic E-state index is 0.262. The Bertz CT molecular complexity index is 754. The summed E-state index contributed by atoms with van der Waals surface area (Å²) >= 11 is 0. The molecule has 2 heterocycles. The molecule has 4 amide bonds. The summed E-state index contributed by atoms with van der Waals surface area (Å²) in [6, 6.07) is 0. The molecular weight excluding hydrogens is 424 g/mol. The third-order valence-corrected chi connectivity index (χ3v) is 6.63. The van der Waals surface area contributed by atoms with Gasteiger partial charge in [-0.1, -0.05) is 44.9 Å². The van der Waals surface area contributed by atoms with Crippen LogP contribution >= 0.6 is 0 Å². The molecule has 0 spiro atoms.